The van der Waals surface area contributed by atoms with E-state index in [1.165, 1.54) is 29.3 Å². The van der Waals surface area contributed by atoms with E-state index in [9.17, 15) is 15.0 Å². The van der Waals surface area contributed by atoms with E-state index < -0.39 is 17.2 Å². The molecule has 10 nitrogen and oxygen atoms in total. The summed E-state index contributed by atoms with van der Waals surface area (Å²) in [5, 5.41) is 30.5. The molecular weight excluding hydrogens is 406 g/mol. The lowest BCUT2D eigenvalue weighted by Crippen LogP contribution is -2.49. The second-order valence-corrected chi connectivity index (χ2v) is 8.42. The van der Waals surface area contributed by atoms with Crippen LogP contribution in [0.25, 0.3) is 11.2 Å². The molecule has 3 heterocycles. The predicted octanol–water partition coefficient (Wildman–Crippen LogP) is -0.114. The molecule has 0 saturated heterocycles. The Labute approximate surface area is 175 Å². The van der Waals surface area contributed by atoms with E-state index in [-0.39, 0.29) is 24.1 Å². The fourth-order valence-corrected chi connectivity index (χ4v) is 4.98. The minimum absolute atomic E-state index is 0.107. The first-order valence-corrected chi connectivity index (χ1v) is 10.3. The highest BCUT2D eigenvalue weighted by atomic mass is 32.1. The Morgan fingerprint density at radius 1 is 1.30 bits per heavy atom. The lowest BCUT2D eigenvalue weighted by atomic mass is 9.94. The van der Waals surface area contributed by atoms with Crippen LogP contribution in [0.5, 0.6) is 0 Å². The summed E-state index contributed by atoms with van der Waals surface area (Å²) in [5.41, 5.74) is -1.92. The number of rotatable bonds is 3. The normalized spacial score (nSPS) is 29.2. The second kappa shape index (κ2) is 6.46. The molecule has 0 spiro atoms. The van der Waals surface area contributed by atoms with E-state index in [4.69, 9.17) is 0 Å². The van der Waals surface area contributed by atoms with Gasteiger partial charge < -0.3 is 20.8 Å². The lowest BCUT2D eigenvalue weighted by Gasteiger charge is -2.33. The average molecular weight is 425 g/mol. The van der Waals surface area contributed by atoms with Crippen molar-refractivity contribution in [2.24, 2.45) is 11.3 Å². The third-order valence-electron chi connectivity index (χ3n) is 6.04. The molecule has 2 unspecified atom stereocenters. The maximum absolute atomic E-state index is 12.4. The van der Waals surface area contributed by atoms with Crippen molar-refractivity contribution in [3.05, 3.63) is 28.7 Å². The summed E-state index contributed by atoms with van der Waals surface area (Å²) < 4.78 is 1.43. The summed E-state index contributed by atoms with van der Waals surface area (Å²) in [6, 6.07) is 0. The number of aromatic nitrogens is 5. The van der Waals surface area contributed by atoms with Crippen molar-refractivity contribution in [1.29, 1.82) is 0 Å². The van der Waals surface area contributed by atoms with Crippen LogP contribution in [-0.2, 0) is 10.5 Å². The highest BCUT2D eigenvalue weighted by Crippen LogP contribution is 2.68. The summed E-state index contributed by atoms with van der Waals surface area (Å²) in [4.78, 5) is 29.7. The van der Waals surface area contributed by atoms with Crippen molar-refractivity contribution in [3.63, 3.8) is 0 Å². The lowest BCUT2D eigenvalue weighted by molar-refractivity contribution is -0.155. The van der Waals surface area contributed by atoms with Crippen LogP contribution in [0.4, 0.5) is 5.82 Å². The Morgan fingerprint density at radius 2 is 2.13 bits per heavy atom. The predicted molar refractivity (Wildman–Crippen MR) is 108 cm³/mol. The summed E-state index contributed by atoms with van der Waals surface area (Å²) in [7, 11) is 3.23. The van der Waals surface area contributed by atoms with Gasteiger partial charge in [0.1, 0.15) is 6.10 Å². The molecule has 2 aliphatic rings. The number of carbonyl (C=O) groups excluding carboxylic acids is 1. The van der Waals surface area contributed by atoms with Gasteiger partial charge in [0.25, 0.3) is 0 Å². The molecule has 0 aromatic carbocycles. The first-order chi connectivity index (χ1) is 14.4. The molecule has 2 saturated carbocycles. The largest absolute Gasteiger partial charge is 0.387 e. The smallest absolute Gasteiger partial charge is 0.229 e. The third-order valence-corrected chi connectivity index (χ3v) is 6.73. The van der Waals surface area contributed by atoms with E-state index >= 15 is 0 Å². The zero-order valence-corrected chi connectivity index (χ0v) is 17.1. The Bertz CT molecular complexity index is 1210. The number of carbonyl (C=O) groups is 1. The van der Waals surface area contributed by atoms with Gasteiger partial charge in [0, 0.05) is 32.1 Å². The van der Waals surface area contributed by atoms with E-state index in [0.717, 1.165) is 0 Å². The van der Waals surface area contributed by atoms with E-state index in [2.05, 4.69) is 42.4 Å². The fourth-order valence-electron chi connectivity index (χ4n) is 4.50. The molecule has 4 atom stereocenters. The maximum atomic E-state index is 12.4. The summed E-state index contributed by atoms with van der Waals surface area (Å²) in [5.74, 6) is 6.10. The fraction of sp³-hybridized carbons (Fsp3) is 0.421. The molecule has 2 fully saturated rings. The van der Waals surface area contributed by atoms with Gasteiger partial charge in [-0.1, -0.05) is 0 Å². The number of hydrogen-bond donors (Lipinski definition) is 4. The molecule has 1 amide bonds. The Kier molecular flexibility index (Phi) is 4.08. The Morgan fingerprint density at radius 3 is 2.83 bits per heavy atom. The second-order valence-electron chi connectivity index (χ2n) is 7.53. The quantitative estimate of drug-likeness (QED) is 0.427. The van der Waals surface area contributed by atoms with Gasteiger partial charge in [-0.3, -0.25) is 9.36 Å². The zero-order chi connectivity index (χ0) is 21.1. The number of nitrogens with zero attached hydrogens (tertiary/aromatic N) is 5. The van der Waals surface area contributed by atoms with Crippen LogP contribution in [0.1, 0.15) is 23.7 Å². The van der Waals surface area contributed by atoms with Crippen molar-refractivity contribution in [2.45, 2.75) is 24.7 Å². The molecule has 4 N–H and O–H groups in total. The maximum Gasteiger partial charge on any atom is 0.229 e. The number of aliphatic hydroxyl groups is 2. The molecule has 0 aliphatic heterocycles. The van der Waals surface area contributed by atoms with Gasteiger partial charge in [0.05, 0.1) is 11.7 Å². The van der Waals surface area contributed by atoms with Gasteiger partial charge in [-0.15, -0.1) is 11.3 Å². The summed E-state index contributed by atoms with van der Waals surface area (Å²) >= 11 is 1.41. The number of nitrogens with one attached hydrogen (secondary N) is 2. The zero-order valence-electron chi connectivity index (χ0n) is 16.2. The molecule has 154 valence electrons. The standard InChI is InChI=1S/C19H19N7O3S/c1-20-14-13-15(25-11(24-14)3-4-12-22-5-6-30-12)26(9-23-13)19(29)8-10-7-18(10,16(19)27)17(28)21-2/h5-6,9-10,16,27,29H,7-8H2,1-2H3,(H,21,28)(H,20,24,25)/t10?,16-,18?,19-/m1/s1. The van der Waals surface area contributed by atoms with Gasteiger partial charge in [0.15, 0.2) is 27.7 Å². The molecular formula is C19H19N7O3S. The monoisotopic (exact) mass is 425 g/mol. The van der Waals surface area contributed by atoms with Crippen LogP contribution in [0.15, 0.2) is 17.9 Å². The minimum atomic E-state index is -1.70. The SMILES string of the molecule is CNC(=O)C12CC1C[C@](O)(n1cnc3c(NC)nc(C#Cc4nccs4)nc31)[C@@H]2O. The van der Waals surface area contributed by atoms with Gasteiger partial charge >= 0.3 is 0 Å². The highest BCUT2D eigenvalue weighted by Gasteiger charge is 2.76. The number of thiazole rings is 1. The van der Waals surface area contributed by atoms with Crippen molar-refractivity contribution < 1.29 is 15.0 Å². The Balaban J connectivity index is 1.61. The van der Waals surface area contributed by atoms with Crippen molar-refractivity contribution in [2.75, 3.05) is 19.4 Å². The van der Waals surface area contributed by atoms with E-state index in [1.54, 1.807) is 13.2 Å². The van der Waals surface area contributed by atoms with Crippen molar-refractivity contribution in [1.82, 2.24) is 29.8 Å². The first-order valence-electron chi connectivity index (χ1n) is 9.41. The van der Waals surface area contributed by atoms with Crippen LogP contribution < -0.4 is 10.6 Å². The van der Waals surface area contributed by atoms with Crippen LogP contribution in [0, 0.1) is 23.2 Å². The van der Waals surface area contributed by atoms with Crippen LogP contribution in [0.2, 0.25) is 0 Å². The number of imidazole rings is 1. The number of hydrogen-bond acceptors (Lipinski definition) is 9. The molecule has 0 radical (unpaired) electrons. The van der Waals surface area contributed by atoms with Crippen molar-refractivity contribution >= 4 is 34.2 Å². The third kappa shape index (κ3) is 2.48. The molecule has 5 rings (SSSR count). The van der Waals surface area contributed by atoms with E-state index in [0.29, 0.717) is 28.4 Å². The van der Waals surface area contributed by atoms with Gasteiger partial charge in [-0.05, 0) is 24.2 Å². The number of aliphatic hydroxyl groups excluding tert-OH is 1. The van der Waals surface area contributed by atoms with Crippen LogP contribution in [-0.4, -0.2) is 60.8 Å². The molecule has 2 aliphatic carbocycles. The average Bonchev–Trinajstić information content (AvgIpc) is 3.11. The first kappa shape index (κ1) is 18.9. The molecule has 0 bridgehead atoms. The number of fused-ring (bicyclic) bond motifs is 2. The molecule has 3 aromatic heterocycles. The molecule has 3 aromatic rings. The summed E-state index contributed by atoms with van der Waals surface area (Å²) in [6.45, 7) is 0. The van der Waals surface area contributed by atoms with Gasteiger partial charge in [0.2, 0.25) is 11.7 Å². The molecule has 30 heavy (non-hydrogen) atoms. The Hall–Kier alpha value is -3.07. The number of anilines is 1. The van der Waals surface area contributed by atoms with E-state index in [1.807, 2.05) is 5.38 Å². The molecule has 11 heteroatoms. The summed E-state index contributed by atoms with van der Waals surface area (Å²) in [6.07, 6.45) is 2.57. The van der Waals surface area contributed by atoms with Gasteiger partial charge in [-0.2, -0.15) is 0 Å². The van der Waals surface area contributed by atoms with Crippen molar-refractivity contribution in [3.8, 4) is 11.8 Å². The topological polar surface area (TPSA) is 138 Å². The highest BCUT2D eigenvalue weighted by molar-refractivity contribution is 7.10. The van der Waals surface area contributed by atoms with Gasteiger partial charge in [-0.25, -0.2) is 19.9 Å². The number of amides is 1. The van der Waals surface area contributed by atoms with Crippen LogP contribution in [0.3, 0.4) is 0 Å². The minimum Gasteiger partial charge on any atom is -0.387 e. The van der Waals surface area contributed by atoms with Crippen LogP contribution >= 0.6 is 11.3 Å².